The van der Waals surface area contributed by atoms with Gasteiger partial charge in [0.1, 0.15) is 0 Å². The lowest BCUT2D eigenvalue weighted by Crippen LogP contribution is -2.39. The second-order valence-electron chi connectivity index (χ2n) is 6.17. The van der Waals surface area contributed by atoms with Gasteiger partial charge >= 0.3 is 0 Å². The maximum absolute atomic E-state index is 14.1. The van der Waals surface area contributed by atoms with Crippen LogP contribution in [0.3, 0.4) is 0 Å². The molecule has 0 amide bonds. The second kappa shape index (κ2) is 5.81. The van der Waals surface area contributed by atoms with Crippen molar-refractivity contribution in [3.63, 3.8) is 0 Å². The Morgan fingerprint density at radius 1 is 1.36 bits per heavy atom. The van der Waals surface area contributed by atoms with E-state index in [1.54, 1.807) is 13.0 Å². The monoisotopic (exact) mass is 327 g/mol. The fourth-order valence-corrected chi connectivity index (χ4v) is 4.24. The highest BCUT2D eigenvalue weighted by Crippen LogP contribution is 2.36. The molecule has 0 unspecified atom stereocenters. The lowest BCUT2D eigenvalue weighted by atomic mass is 9.95. The Labute approximate surface area is 131 Å². The van der Waals surface area contributed by atoms with Crippen LogP contribution in [0.4, 0.5) is 4.39 Å². The number of fused-ring (bicyclic) bond motifs is 1. The minimum absolute atomic E-state index is 0.0822. The molecular formula is C16H22FNO3S. The standard InChI is InChI=1S/C16H22FNO3S/c1-3-22(19,20)18-7-6-13-8-15(17)16(9-14(13)11(18)2)21-10-12-4-5-12/h8-9,11-12H,3-7,10H2,1-2H3/t11-/m1/s1. The smallest absolute Gasteiger partial charge is 0.214 e. The number of hydrogen-bond donors (Lipinski definition) is 0. The van der Waals surface area contributed by atoms with Crippen molar-refractivity contribution in [1.29, 1.82) is 0 Å². The topological polar surface area (TPSA) is 46.6 Å². The van der Waals surface area contributed by atoms with Gasteiger partial charge in [-0.1, -0.05) is 0 Å². The predicted octanol–water partition coefficient (Wildman–Crippen LogP) is 2.88. The first-order valence-electron chi connectivity index (χ1n) is 7.87. The van der Waals surface area contributed by atoms with E-state index in [1.807, 2.05) is 6.92 Å². The van der Waals surface area contributed by atoms with Crippen LogP contribution in [-0.4, -0.2) is 31.6 Å². The minimum atomic E-state index is -3.25. The van der Waals surface area contributed by atoms with E-state index in [4.69, 9.17) is 4.74 Å². The van der Waals surface area contributed by atoms with Crippen LogP contribution in [0.2, 0.25) is 0 Å². The average Bonchev–Trinajstić information content (AvgIpc) is 3.29. The van der Waals surface area contributed by atoms with Crippen molar-refractivity contribution >= 4 is 10.0 Å². The van der Waals surface area contributed by atoms with Gasteiger partial charge in [0, 0.05) is 12.6 Å². The average molecular weight is 327 g/mol. The SMILES string of the molecule is CCS(=O)(=O)N1CCc2cc(F)c(OCC3CC3)cc2[C@H]1C. The summed E-state index contributed by atoms with van der Waals surface area (Å²) in [5.41, 5.74) is 1.74. The van der Waals surface area contributed by atoms with Gasteiger partial charge < -0.3 is 4.74 Å². The van der Waals surface area contributed by atoms with Crippen LogP contribution in [0.5, 0.6) is 5.75 Å². The van der Waals surface area contributed by atoms with E-state index in [0.29, 0.717) is 25.5 Å². The molecule has 4 nitrogen and oxygen atoms in total. The summed E-state index contributed by atoms with van der Waals surface area (Å²) in [4.78, 5) is 0. The van der Waals surface area contributed by atoms with E-state index in [2.05, 4.69) is 0 Å². The molecule has 1 saturated carbocycles. The summed E-state index contributed by atoms with van der Waals surface area (Å²) in [6.45, 7) is 4.45. The predicted molar refractivity (Wildman–Crippen MR) is 82.9 cm³/mol. The molecule has 1 fully saturated rings. The molecule has 2 aliphatic rings. The van der Waals surface area contributed by atoms with Gasteiger partial charge in [0.25, 0.3) is 0 Å². The van der Waals surface area contributed by atoms with Gasteiger partial charge in [-0.05, 0) is 62.3 Å². The fourth-order valence-electron chi connectivity index (χ4n) is 2.94. The van der Waals surface area contributed by atoms with Crippen LogP contribution in [0.25, 0.3) is 0 Å². The van der Waals surface area contributed by atoms with Gasteiger partial charge in [0.2, 0.25) is 10.0 Å². The normalized spacial score (nSPS) is 22.4. The van der Waals surface area contributed by atoms with Crippen LogP contribution in [0, 0.1) is 11.7 Å². The molecule has 1 aromatic carbocycles. The highest BCUT2D eigenvalue weighted by molar-refractivity contribution is 7.89. The van der Waals surface area contributed by atoms with Gasteiger partial charge in [-0.2, -0.15) is 4.31 Å². The van der Waals surface area contributed by atoms with Crippen molar-refractivity contribution in [3.05, 3.63) is 29.1 Å². The first-order chi connectivity index (χ1) is 10.4. The Bertz CT molecular complexity index is 670. The summed E-state index contributed by atoms with van der Waals surface area (Å²) < 4.78 is 45.5. The Morgan fingerprint density at radius 3 is 2.73 bits per heavy atom. The molecule has 1 aliphatic carbocycles. The third-order valence-electron chi connectivity index (χ3n) is 4.57. The number of rotatable bonds is 5. The highest BCUT2D eigenvalue weighted by atomic mass is 32.2. The molecule has 0 bridgehead atoms. The van der Waals surface area contributed by atoms with E-state index >= 15 is 0 Å². The molecule has 3 rings (SSSR count). The van der Waals surface area contributed by atoms with Crippen molar-refractivity contribution in [3.8, 4) is 5.75 Å². The zero-order valence-corrected chi connectivity index (χ0v) is 13.8. The maximum atomic E-state index is 14.1. The van der Waals surface area contributed by atoms with Crippen molar-refractivity contribution in [2.45, 2.75) is 39.2 Å². The van der Waals surface area contributed by atoms with E-state index in [-0.39, 0.29) is 23.4 Å². The lowest BCUT2D eigenvalue weighted by Gasteiger charge is -2.34. The summed E-state index contributed by atoms with van der Waals surface area (Å²) in [7, 11) is -3.25. The number of ether oxygens (including phenoxy) is 1. The van der Waals surface area contributed by atoms with Crippen molar-refractivity contribution < 1.29 is 17.5 Å². The molecule has 1 heterocycles. The molecule has 6 heteroatoms. The number of sulfonamides is 1. The molecular weight excluding hydrogens is 305 g/mol. The van der Waals surface area contributed by atoms with Gasteiger partial charge in [-0.15, -0.1) is 0 Å². The van der Waals surface area contributed by atoms with E-state index in [1.165, 1.54) is 10.4 Å². The maximum Gasteiger partial charge on any atom is 0.214 e. The van der Waals surface area contributed by atoms with Crippen LogP contribution >= 0.6 is 0 Å². The lowest BCUT2D eigenvalue weighted by molar-refractivity contribution is 0.280. The number of nitrogens with zero attached hydrogens (tertiary/aromatic N) is 1. The van der Waals surface area contributed by atoms with Crippen LogP contribution in [0.1, 0.15) is 43.9 Å². The second-order valence-corrected chi connectivity index (χ2v) is 8.38. The summed E-state index contributed by atoms with van der Waals surface area (Å²) in [6, 6.07) is 2.91. The van der Waals surface area contributed by atoms with Crippen LogP contribution in [-0.2, 0) is 16.4 Å². The van der Waals surface area contributed by atoms with Gasteiger partial charge in [-0.25, -0.2) is 12.8 Å². The number of halogens is 1. The van der Waals surface area contributed by atoms with E-state index < -0.39 is 10.0 Å². The van der Waals surface area contributed by atoms with Crippen LogP contribution < -0.4 is 4.74 Å². The largest absolute Gasteiger partial charge is 0.490 e. The Balaban J connectivity index is 1.88. The highest BCUT2D eigenvalue weighted by Gasteiger charge is 2.32. The zero-order chi connectivity index (χ0) is 15.9. The molecule has 1 aromatic rings. The van der Waals surface area contributed by atoms with Crippen LogP contribution in [0.15, 0.2) is 12.1 Å². The molecule has 0 aromatic heterocycles. The molecule has 1 aliphatic heterocycles. The number of benzene rings is 1. The van der Waals surface area contributed by atoms with Crippen molar-refractivity contribution in [2.24, 2.45) is 5.92 Å². The minimum Gasteiger partial charge on any atom is -0.490 e. The molecule has 122 valence electrons. The van der Waals surface area contributed by atoms with E-state index in [0.717, 1.165) is 24.0 Å². The summed E-state index contributed by atoms with van der Waals surface area (Å²) in [5.74, 6) is 0.523. The van der Waals surface area contributed by atoms with E-state index in [9.17, 15) is 12.8 Å². The molecule has 0 saturated heterocycles. The fraction of sp³-hybridized carbons (Fsp3) is 0.625. The summed E-state index contributed by atoms with van der Waals surface area (Å²) in [6.07, 6.45) is 2.83. The van der Waals surface area contributed by atoms with Gasteiger partial charge in [-0.3, -0.25) is 0 Å². The van der Waals surface area contributed by atoms with Crippen molar-refractivity contribution in [2.75, 3.05) is 18.9 Å². The van der Waals surface area contributed by atoms with Gasteiger partial charge in [0.05, 0.1) is 12.4 Å². The quantitative estimate of drug-likeness (QED) is 0.835. The molecule has 0 spiro atoms. The summed E-state index contributed by atoms with van der Waals surface area (Å²) in [5, 5.41) is 0. The third-order valence-corrected chi connectivity index (χ3v) is 6.51. The molecule has 22 heavy (non-hydrogen) atoms. The number of hydrogen-bond acceptors (Lipinski definition) is 3. The Morgan fingerprint density at radius 2 is 2.09 bits per heavy atom. The molecule has 1 atom stereocenters. The summed E-state index contributed by atoms with van der Waals surface area (Å²) >= 11 is 0. The zero-order valence-electron chi connectivity index (χ0n) is 13.0. The van der Waals surface area contributed by atoms with Crippen molar-refractivity contribution in [1.82, 2.24) is 4.31 Å². The van der Waals surface area contributed by atoms with Gasteiger partial charge in [0.15, 0.2) is 11.6 Å². The first-order valence-corrected chi connectivity index (χ1v) is 9.48. The Kier molecular flexibility index (Phi) is 4.16. The Hall–Kier alpha value is -1.14. The third kappa shape index (κ3) is 2.99. The molecule has 0 radical (unpaired) electrons. The molecule has 0 N–H and O–H groups in total. The first kappa shape index (κ1) is 15.7.